The van der Waals surface area contributed by atoms with Crippen LogP contribution in [-0.2, 0) is 11.9 Å². The van der Waals surface area contributed by atoms with Gasteiger partial charge in [-0.3, -0.25) is 4.98 Å². The number of hydrogen-bond acceptors (Lipinski definition) is 2. The van der Waals surface area contributed by atoms with Crippen molar-refractivity contribution < 1.29 is 13.9 Å². The van der Waals surface area contributed by atoms with Gasteiger partial charge in [-0.15, -0.1) is 0 Å². The lowest BCUT2D eigenvalue weighted by Crippen LogP contribution is -2.02. The Labute approximate surface area is 89.1 Å². The molecule has 1 aromatic rings. The largest absolute Gasteiger partial charge is 0.392 e. The number of hydrogen-bond donors (Lipinski definition) is 1. The van der Waals surface area contributed by atoms with Crippen LogP contribution in [-0.4, -0.2) is 10.1 Å². The molecule has 1 heterocycles. The van der Waals surface area contributed by atoms with Gasteiger partial charge in [0.05, 0.1) is 6.61 Å². The van der Waals surface area contributed by atoms with Crippen LogP contribution in [0.2, 0.25) is 0 Å². The Kier molecular flexibility index (Phi) is 3.95. The molecule has 0 fully saturated rings. The summed E-state index contributed by atoms with van der Waals surface area (Å²) < 4.78 is 24.7. The minimum Gasteiger partial charge on any atom is -0.392 e. The summed E-state index contributed by atoms with van der Waals surface area (Å²) in [6.07, 6.45) is -2.59. The molecule has 0 saturated carbocycles. The molecule has 0 aliphatic carbocycles. The van der Waals surface area contributed by atoms with E-state index in [-0.39, 0.29) is 12.3 Å². The number of aliphatic hydroxyl groups excluding tert-OH is 1. The lowest BCUT2D eigenvalue weighted by molar-refractivity contribution is 0.145. The maximum atomic E-state index is 12.3. The first-order valence-electron chi connectivity index (χ1n) is 4.04. The number of halogens is 3. The number of aliphatic hydroxyl groups is 1. The minimum atomic E-state index is -2.59. The highest BCUT2D eigenvalue weighted by Gasteiger charge is 2.14. The number of aromatic nitrogens is 1. The van der Waals surface area contributed by atoms with Gasteiger partial charge in [-0.05, 0) is 24.1 Å². The van der Waals surface area contributed by atoms with Gasteiger partial charge in [-0.2, -0.15) is 0 Å². The highest BCUT2D eigenvalue weighted by Crippen LogP contribution is 2.23. The van der Waals surface area contributed by atoms with E-state index in [0.29, 0.717) is 16.6 Å². The lowest BCUT2D eigenvalue weighted by atomic mass is 10.1. The van der Waals surface area contributed by atoms with Crippen LogP contribution >= 0.6 is 15.9 Å². The summed E-state index contributed by atoms with van der Waals surface area (Å²) in [6.45, 7) is 1.41. The van der Waals surface area contributed by atoms with Crippen molar-refractivity contribution in [1.82, 2.24) is 4.98 Å². The van der Waals surface area contributed by atoms with Crippen LogP contribution in [0.1, 0.15) is 28.9 Å². The van der Waals surface area contributed by atoms with Gasteiger partial charge in [0.15, 0.2) is 0 Å². The van der Waals surface area contributed by atoms with Gasteiger partial charge in [0.1, 0.15) is 5.69 Å². The van der Waals surface area contributed by atoms with E-state index < -0.39 is 6.43 Å². The second-order valence-electron chi connectivity index (χ2n) is 2.86. The Balaban J connectivity index is 3.24. The molecular formula is C9H10BrF2NO. The maximum Gasteiger partial charge on any atom is 0.280 e. The van der Waals surface area contributed by atoms with Gasteiger partial charge in [-0.1, -0.05) is 15.9 Å². The zero-order chi connectivity index (χ0) is 10.7. The third-order valence-electron chi connectivity index (χ3n) is 1.97. The molecular weight excluding hydrogens is 256 g/mol. The Morgan fingerprint density at radius 1 is 1.57 bits per heavy atom. The summed E-state index contributed by atoms with van der Waals surface area (Å²) in [4.78, 5) is 3.76. The first-order valence-corrected chi connectivity index (χ1v) is 5.16. The molecule has 0 bridgehead atoms. The molecule has 0 amide bonds. The van der Waals surface area contributed by atoms with Crippen LogP contribution < -0.4 is 0 Å². The van der Waals surface area contributed by atoms with Gasteiger partial charge in [0.25, 0.3) is 6.43 Å². The van der Waals surface area contributed by atoms with Crippen LogP contribution in [0.25, 0.3) is 0 Å². The average molecular weight is 266 g/mol. The number of nitrogens with zero attached hydrogens (tertiary/aromatic N) is 1. The summed E-state index contributed by atoms with van der Waals surface area (Å²) in [7, 11) is 0. The van der Waals surface area contributed by atoms with Gasteiger partial charge in [0, 0.05) is 11.0 Å². The predicted molar refractivity (Wildman–Crippen MR) is 52.5 cm³/mol. The Hall–Kier alpha value is -0.550. The molecule has 0 aliphatic rings. The zero-order valence-electron chi connectivity index (χ0n) is 7.60. The predicted octanol–water partition coefficient (Wildman–Crippen LogP) is 2.71. The van der Waals surface area contributed by atoms with Crippen LogP contribution in [0, 0.1) is 6.92 Å². The lowest BCUT2D eigenvalue weighted by Gasteiger charge is -2.10. The molecule has 1 aromatic heterocycles. The SMILES string of the molecule is Cc1nc(C(F)F)cc(CO)c1CBr. The molecule has 2 nitrogen and oxygen atoms in total. The molecule has 5 heteroatoms. The molecule has 0 saturated heterocycles. The normalized spacial score (nSPS) is 11.0. The molecule has 0 atom stereocenters. The van der Waals surface area contributed by atoms with Crippen molar-refractivity contribution in [2.45, 2.75) is 25.3 Å². The van der Waals surface area contributed by atoms with Crippen molar-refractivity contribution in [3.05, 3.63) is 28.6 Å². The third-order valence-corrected chi connectivity index (χ3v) is 2.53. The topological polar surface area (TPSA) is 33.1 Å². The zero-order valence-corrected chi connectivity index (χ0v) is 9.18. The third kappa shape index (κ3) is 2.27. The molecule has 0 aliphatic heterocycles. The van der Waals surface area contributed by atoms with Crippen molar-refractivity contribution in [1.29, 1.82) is 0 Å². The molecule has 14 heavy (non-hydrogen) atoms. The molecule has 0 aromatic carbocycles. The van der Waals surface area contributed by atoms with Crippen molar-refractivity contribution in [3.63, 3.8) is 0 Å². The molecule has 1 N–H and O–H groups in total. The second-order valence-corrected chi connectivity index (χ2v) is 3.42. The molecule has 0 unspecified atom stereocenters. The molecule has 78 valence electrons. The van der Waals surface area contributed by atoms with E-state index in [1.165, 1.54) is 6.07 Å². The van der Waals surface area contributed by atoms with Gasteiger partial charge in [-0.25, -0.2) is 8.78 Å². The number of rotatable bonds is 3. The summed E-state index contributed by atoms with van der Waals surface area (Å²) >= 11 is 3.22. The Morgan fingerprint density at radius 3 is 2.64 bits per heavy atom. The van der Waals surface area contributed by atoms with E-state index in [0.717, 1.165) is 5.56 Å². The van der Waals surface area contributed by atoms with Gasteiger partial charge < -0.3 is 5.11 Å². The highest BCUT2D eigenvalue weighted by molar-refractivity contribution is 9.08. The van der Waals surface area contributed by atoms with Crippen LogP contribution in [0.3, 0.4) is 0 Å². The standard InChI is InChI=1S/C9H10BrF2NO/c1-5-7(3-10)6(4-14)2-8(13-5)9(11)12/h2,9,14H,3-4H2,1H3. The van der Waals surface area contributed by atoms with Crippen LogP contribution in [0.4, 0.5) is 8.78 Å². The fraction of sp³-hybridized carbons (Fsp3) is 0.444. The van der Waals surface area contributed by atoms with E-state index in [1.807, 2.05) is 0 Å². The second kappa shape index (κ2) is 4.79. The molecule has 1 rings (SSSR count). The summed E-state index contributed by atoms with van der Waals surface area (Å²) in [5.74, 6) is 0. The first kappa shape index (κ1) is 11.5. The van der Waals surface area contributed by atoms with E-state index in [1.54, 1.807) is 6.92 Å². The molecule has 0 radical (unpaired) electrons. The van der Waals surface area contributed by atoms with Crippen molar-refractivity contribution >= 4 is 15.9 Å². The van der Waals surface area contributed by atoms with E-state index in [4.69, 9.17) is 5.11 Å². The summed E-state index contributed by atoms with van der Waals surface area (Å²) in [5.41, 5.74) is 1.53. The minimum absolute atomic E-state index is 0.246. The van der Waals surface area contributed by atoms with E-state index in [9.17, 15) is 8.78 Å². The van der Waals surface area contributed by atoms with Crippen molar-refractivity contribution in [2.75, 3.05) is 0 Å². The fourth-order valence-electron chi connectivity index (χ4n) is 1.23. The fourth-order valence-corrected chi connectivity index (χ4v) is 1.99. The first-order chi connectivity index (χ1) is 6.60. The summed E-state index contributed by atoms with van der Waals surface area (Å²) in [5, 5.41) is 9.49. The van der Waals surface area contributed by atoms with Crippen LogP contribution in [0.15, 0.2) is 6.07 Å². The van der Waals surface area contributed by atoms with Crippen molar-refractivity contribution in [3.8, 4) is 0 Å². The Morgan fingerprint density at radius 2 is 2.21 bits per heavy atom. The summed E-state index contributed by atoms with van der Waals surface area (Å²) in [6, 6.07) is 1.24. The number of aryl methyl sites for hydroxylation is 1. The van der Waals surface area contributed by atoms with E-state index >= 15 is 0 Å². The number of pyridine rings is 1. The van der Waals surface area contributed by atoms with Gasteiger partial charge in [0.2, 0.25) is 0 Å². The maximum absolute atomic E-state index is 12.3. The highest BCUT2D eigenvalue weighted by atomic mass is 79.9. The Bertz CT molecular complexity index is 331. The monoisotopic (exact) mass is 265 g/mol. The van der Waals surface area contributed by atoms with Crippen molar-refractivity contribution in [2.24, 2.45) is 0 Å². The number of alkyl halides is 3. The van der Waals surface area contributed by atoms with Crippen LogP contribution in [0.5, 0.6) is 0 Å². The van der Waals surface area contributed by atoms with Gasteiger partial charge >= 0.3 is 0 Å². The average Bonchev–Trinajstić information content (AvgIpc) is 2.16. The molecule has 0 spiro atoms. The quantitative estimate of drug-likeness (QED) is 0.853. The van der Waals surface area contributed by atoms with E-state index in [2.05, 4.69) is 20.9 Å². The smallest absolute Gasteiger partial charge is 0.280 e.